The smallest absolute Gasteiger partial charge is 0.208 e. The van der Waals surface area contributed by atoms with E-state index < -0.39 is 0 Å². The highest BCUT2D eigenvalue weighted by molar-refractivity contribution is 6.33. The highest BCUT2D eigenvalue weighted by atomic mass is 35.5. The van der Waals surface area contributed by atoms with Crippen LogP contribution >= 0.6 is 23.2 Å². The molecule has 0 atom stereocenters. The van der Waals surface area contributed by atoms with Crippen molar-refractivity contribution in [1.29, 1.82) is 0 Å². The largest absolute Gasteiger partial charge is 0.359 e. The molecule has 3 aromatic rings. The van der Waals surface area contributed by atoms with Crippen molar-refractivity contribution in [1.82, 2.24) is 25.0 Å². The zero-order valence-corrected chi connectivity index (χ0v) is 10.1. The summed E-state index contributed by atoms with van der Waals surface area (Å²) in [6.45, 7) is 1.71. The Morgan fingerprint density at radius 1 is 1.24 bits per heavy atom. The summed E-state index contributed by atoms with van der Waals surface area (Å²) in [6, 6.07) is 3.33. The number of aromatic nitrogens is 5. The summed E-state index contributed by atoms with van der Waals surface area (Å²) in [4.78, 5) is 0. The molecule has 0 N–H and O–H groups in total. The molecule has 86 valence electrons. The molecule has 0 bridgehead atoms. The van der Waals surface area contributed by atoms with Crippen molar-refractivity contribution in [3.8, 4) is 11.5 Å². The number of nitrogens with zero attached hydrogens (tertiary/aromatic N) is 5. The maximum atomic E-state index is 6.04. The lowest BCUT2D eigenvalue weighted by molar-refractivity contribution is 0.399. The minimum Gasteiger partial charge on any atom is -0.359 e. The zero-order chi connectivity index (χ0) is 12.0. The molecule has 0 saturated carbocycles. The summed E-state index contributed by atoms with van der Waals surface area (Å²) in [5.74, 6) is 0.907. The van der Waals surface area contributed by atoms with Gasteiger partial charge in [-0.3, -0.25) is 0 Å². The number of aryl methyl sites for hydroxylation is 1. The molecule has 3 aromatic heterocycles. The van der Waals surface area contributed by atoms with Gasteiger partial charge in [0, 0.05) is 0 Å². The van der Waals surface area contributed by atoms with Gasteiger partial charge in [0.1, 0.15) is 10.2 Å². The van der Waals surface area contributed by atoms with E-state index in [2.05, 4.69) is 20.5 Å². The average molecular weight is 270 g/mol. The Hall–Kier alpha value is -1.66. The lowest BCUT2D eigenvalue weighted by Gasteiger charge is -1.95. The summed E-state index contributed by atoms with van der Waals surface area (Å²) >= 11 is 11.9. The van der Waals surface area contributed by atoms with Crippen molar-refractivity contribution in [3.05, 3.63) is 28.1 Å². The van der Waals surface area contributed by atoms with Gasteiger partial charge in [0.25, 0.3) is 0 Å². The molecule has 0 aliphatic carbocycles. The van der Waals surface area contributed by atoms with Crippen LogP contribution in [0.1, 0.15) is 5.76 Å². The molecule has 0 amide bonds. The van der Waals surface area contributed by atoms with Crippen molar-refractivity contribution in [3.63, 3.8) is 0 Å². The quantitative estimate of drug-likeness (QED) is 0.679. The summed E-state index contributed by atoms with van der Waals surface area (Å²) < 4.78 is 6.44. The van der Waals surface area contributed by atoms with Gasteiger partial charge in [-0.15, -0.1) is 10.2 Å². The van der Waals surface area contributed by atoms with Gasteiger partial charge in [0.2, 0.25) is 5.82 Å². The number of rotatable bonds is 1. The van der Waals surface area contributed by atoms with Crippen LogP contribution in [-0.2, 0) is 0 Å². The molecular weight excluding hydrogens is 265 g/mol. The van der Waals surface area contributed by atoms with Crippen LogP contribution in [0.15, 0.2) is 16.7 Å². The van der Waals surface area contributed by atoms with Crippen LogP contribution in [0, 0.1) is 6.92 Å². The molecule has 6 nitrogen and oxygen atoms in total. The number of fused-ring (bicyclic) bond motifs is 1. The molecule has 17 heavy (non-hydrogen) atoms. The molecule has 0 fully saturated rings. The molecule has 8 heteroatoms. The summed E-state index contributed by atoms with van der Waals surface area (Å²) in [5.41, 5.74) is 0.951. The number of hydrogen-bond donors (Lipinski definition) is 0. The van der Waals surface area contributed by atoms with Crippen LogP contribution in [0.5, 0.6) is 0 Å². The first-order valence-electron chi connectivity index (χ1n) is 4.67. The summed E-state index contributed by atoms with van der Waals surface area (Å²) in [7, 11) is 0. The minimum atomic E-state index is 0.329. The Labute approximate surface area is 105 Å². The molecule has 3 rings (SSSR count). The first kappa shape index (κ1) is 10.5. The van der Waals surface area contributed by atoms with Crippen molar-refractivity contribution in [2.45, 2.75) is 6.92 Å². The van der Waals surface area contributed by atoms with E-state index in [4.69, 9.17) is 27.7 Å². The average Bonchev–Trinajstić information content (AvgIpc) is 2.84. The topological polar surface area (TPSA) is 69.1 Å². The van der Waals surface area contributed by atoms with E-state index in [9.17, 15) is 0 Å². The predicted octanol–water partition coefficient (Wildman–Crippen LogP) is 2.39. The van der Waals surface area contributed by atoms with Crippen LogP contribution in [0.4, 0.5) is 0 Å². The van der Waals surface area contributed by atoms with Crippen molar-refractivity contribution in [2.75, 3.05) is 0 Å². The van der Waals surface area contributed by atoms with Crippen LogP contribution < -0.4 is 0 Å². The molecule has 0 aliphatic rings. The maximum absolute atomic E-state index is 6.04. The second-order valence-corrected chi connectivity index (χ2v) is 4.12. The molecule has 0 unspecified atom stereocenters. The van der Waals surface area contributed by atoms with E-state index in [0.29, 0.717) is 33.1 Å². The fourth-order valence-electron chi connectivity index (χ4n) is 1.41. The fourth-order valence-corrected chi connectivity index (χ4v) is 1.71. The van der Waals surface area contributed by atoms with Gasteiger partial charge in [-0.05, 0) is 19.1 Å². The molecule has 0 saturated heterocycles. The lowest BCUT2D eigenvalue weighted by atomic mass is 10.3. The predicted molar refractivity (Wildman–Crippen MR) is 61.0 cm³/mol. The lowest BCUT2D eigenvalue weighted by Crippen LogP contribution is -1.95. The van der Waals surface area contributed by atoms with Gasteiger partial charge in [-0.1, -0.05) is 28.4 Å². The van der Waals surface area contributed by atoms with Gasteiger partial charge in [0.15, 0.2) is 17.1 Å². The Bertz CT molecular complexity index is 705. The first-order valence-corrected chi connectivity index (χ1v) is 5.42. The third kappa shape index (κ3) is 1.57. The van der Waals surface area contributed by atoms with Gasteiger partial charge in [-0.2, -0.15) is 9.61 Å². The highest BCUT2D eigenvalue weighted by Crippen LogP contribution is 2.28. The third-order valence-electron chi connectivity index (χ3n) is 2.23. The summed E-state index contributed by atoms with van der Waals surface area (Å²) in [5, 5.41) is 16.5. The molecule has 0 radical (unpaired) electrons. The Kier molecular flexibility index (Phi) is 2.27. The Morgan fingerprint density at radius 3 is 2.76 bits per heavy atom. The van der Waals surface area contributed by atoms with Crippen LogP contribution in [0.3, 0.4) is 0 Å². The Balaban J connectivity index is 2.31. The second kappa shape index (κ2) is 3.68. The van der Waals surface area contributed by atoms with Crippen molar-refractivity contribution < 1.29 is 4.52 Å². The van der Waals surface area contributed by atoms with E-state index in [0.717, 1.165) is 0 Å². The Morgan fingerprint density at radius 2 is 2.06 bits per heavy atom. The molecule has 3 heterocycles. The van der Waals surface area contributed by atoms with E-state index in [1.54, 1.807) is 19.1 Å². The molecule has 0 aromatic carbocycles. The van der Waals surface area contributed by atoms with Crippen LogP contribution in [0.25, 0.3) is 17.2 Å². The van der Waals surface area contributed by atoms with Gasteiger partial charge in [-0.25, -0.2) is 0 Å². The molecule has 0 spiro atoms. The van der Waals surface area contributed by atoms with Crippen LogP contribution in [0.2, 0.25) is 10.2 Å². The van der Waals surface area contributed by atoms with Crippen molar-refractivity contribution in [2.24, 2.45) is 0 Å². The van der Waals surface area contributed by atoms with E-state index in [1.165, 1.54) is 4.52 Å². The van der Waals surface area contributed by atoms with Gasteiger partial charge in [0.05, 0.1) is 0 Å². The highest BCUT2D eigenvalue weighted by Gasteiger charge is 2.19. The standard InChI is InChI=1S/C9H5Cl2N5O/c1-4-7(11)8(15-17-4)9-13-12-6-3-2-5(10)14-16(6)9/h2-3H,1H3. The van der Waals surface area contributed by atoms with E-state index in [-0.39, 0.29) is 0 Å². The molecular formula is C9H5Cl2N5O. The van der Waals surface area contributed by atoms with Crippen molar-refractivity contribution >= 4 is 28.8 Å². The first-order chi connectivity index (χ1) is 8.16. The maximum Gasteiger partial charge on any atom is 0.208 e. The van der Waals surface area contributed by atoms with Gasteiger partial charge >= 0.3 is 0 Å². The fraction of sp³-hybridized carbons (Fsp3) is 0.111. The van der Waals surface area contributed by atoms with Gasteiger partial charge < -0.3 is 4.52 Å². The van der Waals surface area contributed by atoms with E-state index in [1.807, 2.05) is 0 Å². The van der Waals surface area contributed by atoms with Crippen LogP contribution in [-0.4, -0.2) is 25.0 Å². The zero-order valence-electron chi connectivity index (χ0n) is 8.55. The summed E-state index contributed by atoms with van der Waals surface area (Å²) in [6.07, 6.45) is 0. The monoisotopic (exact) mass is 269 g/mol. The third-order valence-corrected chi connectivity index (χ3v) is 2.88. The SMILES string of the molecule is Cc1onc(-c2nnc3ccc(Cl)nn23)c1Cl. The number of hydrogen-bond acceptors (Lipinski definition) is 5. The normalized spacial score (nSPS) is 11.2. The minimum absolute atomic E-state index is 0.329. The second-order valence-electron chi connectivity index (χ2n) is 3.35. The van der Waals surface area contributed by atoms with E-state index >= 15 is 0 Å². The molecule has 0 aliphatic heterocycles. The number of halogens is 2.